The Morgan fingerprint density at radius 2 is 1.80 bits per heavy atom. The molecule has 0 amide bonds. The lowest BCUT2D eigenvalue weighted by molar-refractivity contribution is 0.0591. The van der Waals surface area contributed by atoms with Crippen molar-refractivity contribution < 1.29 is 5.11 Å². The fourth-order valence-corrected chi connectivity index (χ4v) is 4.77. The van der Waals surface area contributed by atoms with Gasteiger partial charge in [0.1, 0.15) is 5.82 Å². The number of nitrogens with one attached hydrogen (secondary N) is 2. The van der Waals surface area contributed by atoms with Crippen molar-refractivity contribution in [1.29, 1.82) is 0 Å². The van der Waals surface area contributed by atoms with Crippen LogP contribution in [0.5, 0.6) is 0 Å². The summed E-state index contributed by atoms with van der Waals surface area (Å²) in [5, 5.41) is 21.3. The van der Waals surface area contributed by atoms with Crippen LogP contribution < -0.4 is 10.0 Å². The molecule has 7 nitrogen and oxygen atoms in total. The molecule has 3 N–H and O–H groups in total. The first-order chi connectivity index (χ1) is 16.8. The molecule has 0 atom stereocenters. The van der Waals surface area contributed by atoms with Gasteiger partial charge in [0.15, 0.2) is 0 Å². The summed E-state index contributed by atoms with van der Waals surface area (Å²) in [6.45, 7) is 6.10. The minimum atomic E-state index is -0.842. The minimum absolute atomic E-state index is 0.428. The maximum Gasteiger partial charge on any atom is 0.130 e. The zero-order valence-corrected chi connectivity index (χ0v) is 21.0. The first-order valence-corrected chi connectivity index (χ1v) is 12.3. The second-order valence-electron chi connectivity index (χ2n) is 9.19. The molecule has 0 saturated heterocycles. The van der Waals surface area contributed by atoms with Crippen LogP contribution in [0.4, 0.5) is 11.5 Å². The molecule has 178 valence electrons. The van der Waals surface area contributed by atoms with E-state index in [0.717, 1.165) is 54.9 Å². The van der Waals surface area contributed by atoms with Gasteiger partial charge in [-0.1, -0.05) is 6.07 Å². The fourth-order valence-electron chi connectivity index (χ4n) is 4.26. The number of hydrogen-bond donors (Lipinski definition) is 3. The number of nitrogens with zero attached hydrogens (tertiary/aromatic N) is 4. The molecular formula is C27H28N6OS. The first kappa shape index (κ1) is 23.3. The van der Waals surface area contributed by atoms with Gasteiger partial charge in [-0.2, -0.15) is 5.10 Å². The Balaban J connectivity index is 1.53. The summed E-state index contributed by atoms with van der Waals surface area (Å²) >= 11 is 1.58. The maximum atomic E-state index is 10.3. The molecule has 0 aliphatic heterocycles. The summed E-state index contributed by atoms with van der Waals surface area (Å²) in [6, 6.07) is 16.4. The van der Waals surface area contributed by atoms with Gasteiger partial charge in [0.25, 0.3) is 0 Å². The van der Waals surface area contributed by atoms with E-state index in [4.69, 9.17) is 4.98 Å². The Hall–Kier alpha value is -3.46. The monoisotopic (exact) mass is 484 g/mol. The lowest BCUT2D eigenvalue weighted by Gasteiger charge is -2.18. The average molecular weight is 485 g/mol. The SMILES string of the molecule is CNSc1ccc(Nc2cc3c(-c4ccc5c(cnn5CC(C)(C)O)c4C)nccc3cn2)cc1. The predicted molar refractivity (Wildman–Crippen MR) is 144 cm³/mol. The van der Waals surface area contributed by atoms with Crippen LogP contribution in [-0.2, 0) is 6.54 Å². The first-order valence-electron chi connectivity index (χ1n) is 11.5. The Bertz CT molecular complexity index is 1500. The van der Waals surface area contributed by atoms with E-state index < -0.39 is 5.60 Å². The van der Waals surface area contributed by atoms with Crippen LogP contribution >= 0.6 is 11.9 Å². The van der Waals surface area contributed by atoms with Crippen LogP contribution in [0, 0.1) is 6.92 Å². The van der Waals surface area contributed by atoms with E-state index in [9.17, 15) is 5.11 Å². The van der Waals surface area contributed by atoms with Crippen molar-refractivity contribution in [3.63, 3.8) is 0 Å². The van der Waals surface area contributed by atoms with Gasteiger partial charge in [-0.15, -0.1) is 0 Å². The number of rotatable bonds is 7. The van der Waals surface area contributed by atoms with Gasteiger partial charge in [0.2, 0.25) is 0 Å². The zero-order valence-electron chi connectivity index (χ0n) is 20.2. The van der Waals surface area contributed by atoms with E-state index in [1.807, 2.05) is 48.5 Å². The quantitative estimate of drug-likeness (QED) is 0.256. The predicted octanol–water partition coefficient (Wildman–Crippen LogP) is 5.70. The Kier molecular flexibility index (Phi) is 6.19. The van der Waals surface area contributed by atoms with Gasteiger partial charge >= 0.3 is 0 Å². The van der Waals surface area contributed by atoms with E-state index in [1.165, 1.54) is 0 Å². The van der Waals surface area contributed by atoms with Crippen molar-refractivity contribution in [2.24, 2.45) is 0 Å². The number of aromatic nitrogens is 4. The maximum absolute atomic E-state index is 10.3. The molecule has 0 unspecified atom stereocenters. The molecule has 0 fully saturated rings. The van der Waals surface area contributed by atoms with Gasteiger partial charge in [-0.25, -0.2) is 4.98 Å². The van der Waals surface area contributed by atoms with E-state index >= 15 is 0 Å². The van der Waals surface area contributed by atoms with E-state index in [0.29, 0.717) is 6.54 Å². The standard InChI is InChI=1S/C27H28N6OS/c1-17-21(9-10-24-23(17)15-31-33(24)16-27(2,3)34)26-22-13-25(30-14-18(22)11-12-29-26)32-19-5-7-20(8-6-19)35-28-4/h5-15,28,34H,16H2,1-4H3,(H,30,32). The van der Waals surface area contributed by atoms with Crippen LogP contribution in [-0.4, -0.2) is 37.5 Å². The third kappa shape index (κ3) is 4.86. The molecule has 0 saturated carbocycles. The summed E-state index contributed by atoms with van der Waals surface area (Å²) in [5.41, 5.74) is 4.19. The molecule has 0 radical (unpaired) electrons. The summed E-state index contributed by atoms with van der Waals surface area (Å²) < 4.78 is 4.94. The van der Waals surface area contributed by atoms with Crippen molar-refractivity contribution in [1.82, 2.24) is 24.5 Å². The largest absolute Gasteiger partial charge is 0.389 e. The Labute approximate surface area is 208 Å². The van der Waals surface area contributed by atoms with Crippen molar-refractivity contribution in [3.05, 3.63) is 72.7 Å². The molecule has 0 aliphatic carbocycles. The van der Waals surface area contributed by atoms with E-state index in [-0.39, 0.29) is 0 Å². The zero-order chi connectivity index (χ0) is 24.6. The number of anilines is 2. The average Bonchev–Trinajstić information content (AvgIpc) is 3.22. The number of aliphatic hydroxyl groups is 1. The molecule has 3 heterocycles. The molecule has 35 heavy (non-hydrogen) atoms. The van der Waals surface area contributed by atoms with Gasteiger partial charge < -0.3 is 10.4 Å². The van der Waals surface area contributed by atoms with Gasteiger partial charge in [0.05, 0.1) is 29.6 Å². The highest BCUT2D eigenvalue weighted by Crippen LogP contribution is 2.34. The Morgan fingerprint density at radius 3 is 2.54 bits per heavy atom. The highest BCUT2D eigenvalue weighted by molar-refractivity contribution is 7.97. The second kappa shape index (κ2) is 9.30. The van der Waals surface area contributed by atoms with E-state index in [2.05, 4.69) is 57.4 Å². The molecule has 8 heteroatoms. The summed E-state index contributed by atoms with van der Waals surface area (Å²) in [5.74, 6) is 0.762. The van der Waals surface area contributed by atoms with Crippen LogP contribution in [0.25, 0.3) is 32.9 Å². The van der Waals surface area contributed by atoms with Crippen molar-refractivity contribution in [2.45, 2.75) is 37.8 Å². The Morgan fingerprint density at radius 1 is 1.00 bits per heavy atom. The molecule has 3 aromatic heterocycles. The molecule has 2 aromatic carbocycles. The van der Waals surface area contributed by atoms with Crippen LogP contribution in [0.1, 0.15) is 19.4 Å². The summed E-state index contributed by atoms with van der Waals surface area (Å²) in [4.78, 5) is 10.5. The lowest BCUT2D eigenvalue weighted by Crippen LogP contribution is -2.26. The van der Waals surface area contributed by atoms with Crippen molar-refractivity contribution in [2.75, 3.05) is 12.4 Å². The van der Waals surface area contributed by atoms with Gasteiger partial charge in [0, 0.05) is 44.7 Å². The van der Waals surface area contributed by atoms with Crippen LogP contribution in [0.2, 0.25) is 0 Å². The lowest BCUT2D eigenvalue weighted by atomic mass is 9.98. The third-order valence-electron chi connectivity index (χ3n) is 5.88. The second-order valence-corrected chi connectivity index (χ2v) is 10.3. The summed E-state index contributed by atoms with van der Waals surface area (Å²) in [6.07, 6.45) is 5.57. The topological polar surface area (TPSA) is 87.9 Å². The number of benzene rings is 2. The molecule has 5 aromatic rings. The van der Waals surface area contributed by atoms with Crippen LogP contribution in [0.3, 0.4) is 0 Å². The smallest absolute Gasteiger partial charge is 0.130 e. The van der Waals surface area contributed by atoms with Crippen molar-refractivity contribution in [3.8, 4) is 11.3 Å². The van der Waals surface area contributed by atoms with Gasteiger partial charge in [-0.3, -0.25) is 14.4 Å². The number of fused-ring (bicyclic) bond motifs is 2. The molecular weight excluding hydrogens is 456 g/mol. The molecule has 0 bridgehead atoms. The molecule has 0 aliphatic rings. The molecule has 5 rings (SSSR count). The van der Waals surface area contributed by atoms with Gasteiger partial charge in [-0.05, 0) is 87.8 Å². The number of aryl methyl sites for hydroxylation is 1. The number of pyridine rings is 2. The van der Waals surface area contributed by atoms with Crippen molar-refractivity contribution >= 4 is 45.1 Å². The minimum Gasteiger partial charge on any atom is -0.389 e. The number of hydrogen-bond acceptors (Lipinski definition) is 7. The highest BCUT2D eigenvalue weighted by atomic mass is 32.2. The third-order valence-corrected chi connectivity index (χ3v) is 6.59. The normalized spacial score (nSPS) is 11.9. The van der Waals surface area contributed by atoms with E-state index in [1.54, 1.807) is 25.8 Å². The highest BCUT2D eigenvalue weighted by Gasteiger charge is 2.18. The fraction of sp³-hybridized carbons (Fsp3) is 0.222. The molecule has 0 spiro atoms. The summed E-state index contributed by atoms with van der Waals surface area (Å²) in [7, 11) is 1.91. The van der Waals surface area contributed by atoms with Crippen LogP contribution in [0.15, 0.2) is 72.0 Å².